The second-order valence-corrected chi connectivity index (χ2v) is 5.49. The molecule has 0 N–H and O–H groups in total. The molecule has 1 fully saturated rings. The number of aromatic nitrogens is 2. The Kier molecular flexibility index (Phi) is 4.75. The Morgan fingerprint density at radius 2 is 1.71 bits per heavy atom. The number of methoxy groups -OCH3 is 1. The monoisotopic (exact) mass is 286 g/mol. The van der Waals surface area contributed by atoms with Crippen molar-refractivity contribution in [3.05, 3.63) is 36.2 Å². The van der Waals surface area contributed by atoms with E-state index in [1.807, 2.05) is 0 Å². The van der Waals surface area contributed by atoms with E-state index in [0.717, 1.165) is 56.9 Å². The van der Waals surface area contributed by atoms with Crippen LogP contribution in [-0.2, 0) is 11.3 Å². The fraction of sp³-hybridized carbons (Fsp3) is 0.500. The fourth-order valence-electron chi connectivity index (χ4n) is 2.76. The number of piperazine rings is 1. The zero-order valence-corrected chi connectivity index (χ0v) is 12.5. The Hall–Kier alpha value is -1.56. The first-order chi connectivity index (χ1) is 10.3. The van der Waals surface area contributed by atoms with Crippen molar-refractivity contribution in [2.45, 2.75) is 6.54 Å². The summed E-state index contributed by atoms with van der Waals surface area (Å²) in [4.78, 5) is 13.7. The van der Waals surface area contributed by atoms with E-state index in [2.05, 4.69) is 38.0 Å². The van der Waals surface area contributed by atoms with Gasteiger partial charge in [0.2, 0.25) is 0 Å². The molecule has 0 aliphatic carbocycles. The first kappa shape index (κ1) is 14.4. The number of rotatable bonds is 5. The minimum absolute atomic E-state index is 0.823. The first-order valence-electron chi connectivity index (χ1n) is 7.48. The van der Waals surface area contributed by atoms with Gasteiger partial charge in [-0.1, -0.05) is 6.07 Å². The van der Waals surface area contributed by atoms with Gasteiger partial charge < -0.3 is 4.74 Å². The Bertz CT molecular complexity index is 581. The summed E-state index contributed by atoms with van der Waals surface area (Å²) < 4.78 is 5.14. The summed E-state index contributed by atoms with van der Waals surface area (Å²) in [6.45, 7) is 7.32. The molecule has 5 heteroatoms. The Labute approximate surface area is 125 Å². The summed E-state index contributed by atoms with van der Waals surface area (Å²) >= 11 is 0. The number of ether oxygens (including phenoxy) is 1. The van der Waals surface area contributed by atoms with E-state index in [1.165, 1.54) is 5.56 Å². The molecule has 112 valence electrons. The van der Waals surface area contributed by atoms with Crippen molar-refractivity contribution in [1.82, 2.24) is 19.8 Å². The molecular formula is C16H22N4O. The maximum atomic E-state index is 5.14. The lowest BCUT2D eigenvalue weighted by Crippen LogP contribution is -2.46. The number of nitrogens with zero attached hydrogens (tertiary/aromatic N) is 4. The maximum Gasteiger partial charge on any atom is 0.0890 e. The van der Waals surface area contributed by atoms with Crippen molar-refractivity contribution in [2.24, 2.45) is 0 Å². The van der Waals surface area contributed by atoms with Crippen molar-refractivity contribution < 1.29 is 4.74 Å². The van der Waals surface area contributed by atoms with Gasteiger partial charge in [0.15, 0.2) is 0 Å². The summed E-state index contributed by atoms with van der Waals surface area (Å²) in [6, 6.07) is 6.38. The lowest BCUT2D eigenvalue weighted by molar-refractivity contribution is 0.0938. The van der Waals surface area contributed by atoms with Gasteiger partial charge in [-0.05, 0) is 17.7 Å². The average molecular weight is 286 g/mol. The van der Waals surface area contributed by atoms with Gasteiger partial charge in [-0.25, -0.2) is 0 Å². The van der Waals surface area contributed by atoms with Crippen LogP contribution in [0.5, 0.6) is 0 Å². The zero-order chi connectivity index (χ0) is 14.5. The van der Waals surface area contributed by atoms with Crippen molar-refractivity contribution in [2.75, 3.05) is 46.4 Å². The largest absolute Gasteiger partial charge is 0.383 e. The van der Waals surface area contributed by atoms with Crippen LogP contribution in [0.25, 0.3) is 11.0 Å². The Balaban J connectivity index is 1.56. The molecule has 2 heterocycles. The highest BCUT2D eigenvalue weighted by molar-refractivity contribution is 5.74. The SMILES string of the molecule is COCCN1CCN(Cc2ccc3nccnc3c2)CC1. The van der Waals surface area contributed by atoms with Crippen LogP contribution in [0.15, 0.2) is 30.6 Å². The van der Waals surface area contributed by atoms with E-state index in [1.54, 1.807) is 19.5 Å². The molecule has 0 bridgehead atoms. The standard InChI is InChI=1S/C16H22N4O/c1-21-11-10-19-6-8-20(9-7-19)13-14-2-3-15-16(12-14)18-5-4-17-15/h2-5,12H,6-11,13H2,1H3. The van der Waals surface area contributed by atoms with Crippen LogP contribution in [0.2, 0.25) is 0 Å². The predicted octanol–water partition coefficient (Wildman–Crippen LogP) is 1.39. The lowest BCUT2D eigenvalue weighted by atomic mass is 10.1. The zero-order valence-electron chi connectivity index (χ0n) is 12.5. The van der Waals surface area contributed by atoms with Crippen molar-refractivity contribution in [3.8, 4) is 0 Å². The predicted molar refractivity (Wildman–Crippen MR) is 83.1 cm³/mol. The topological polar surface area (TPSA) is 41.5 Å². The van der Waals surface area contributed by atoms with E-state index in [4.69, 9.17) is 4.74 Å². The second-order valence-electron chi connectivity index (χ2n) is 5.49. The molecule has 3 rings (SSSR count). The molecule has 1 aromatic carbocycles. The molecule has 0 unspecified atom stereocenters. The maximum absolute atomic E-state index is 5.14. The number of hydrogen-bond donors (Lipinski definition) is 0. The van der Waals surface area contributed by atoms with Gasteiger partial charge in [-0.2, -0.15) is 0 Å². The van der Waals surface area contributed by atoms with Crippen LogP contribution in [-0.4, -0.2) is 66.2 Å². The molecule has 21 heavy (non-hydrogen) atoms. The summed E-state index contributed by atoms with van der Waals surface area (Å²) in [7, 11) is 1.76. The molecular weight excluding hydrogens is 264 g/mol. The molecule has 0 atom stereocenters. The van der Waals surface area contributed by atoms with Gasteiger partial charge in [0.1, 0.15) is 0 Å². The summed E-state index contributed by atoms with van der Waals surface area (Å²) in [5, 5.41) is 0. The third kappa shape index (κ3) is 3.75. The summed E-state index contributed by atoms with van der Waals surface area (Å²) in [6.07, 6.45) is 3.49. The molecule has 0 amide bonds. The van der Waals surface area contributed by atoms with E-state index in [-0.39, 0.29) is 0 Å². The molecule has 0 spiro atoms. The molecule has 0 radical (unpaired) electrons. The smallest absolute Gasteiger partial charge is 0.0890 e. The van der Waals surface area contributed by atoms with E-state index < -0.39 is 0 Å². The van der Waals surface area contributed by atoms with Crippen LogP contribution in [0.1, 0.15) is 5.56 Å². The third-order valence-electron chi connectivity index (χ3n) is 4.02. The molecule has 1 saturated heterocycles. The van der Waals surface area contributed by atoms with Gasteiger partial charge in [-0.3, -0.25) is 19.8 Å². The number of fused-ring (bicyclic) bond motifs is 1. The van der Waals surface area contributed by atoms with Gasteiger partial charge in [0.05, 0.1) is 17.6 Å². The van der Waals surface area contributed by atoms with Crippen LogP contribution in [0.3, 0.4) is 0 Å². The van der Waals surface area contributed by atoms with Crippen LogP contribution >= 0.6 is 0 Å². The molecule has 1 aliphatic heterocycles. The summed E-state index contributed by atoms with van der Waals surface area (Å²) in [5.74, 6) is 0. The quantitative estimate of drug-likeness (QED) is 0.831. The average Bonchev–Trinajstić information content (AvgIpc) is 2.54. The Morgan fingerprint density at radius 3 is 2.48 bits per heavy atom. The fourth-order valence-corrected chi connectivity index (χ4v) is 2.76. The van der Waals surface area contributed by atoms with Crippen LogP contribution in [0.4, 0.5) is 0 Å². The van der Waals surface area contributed by atoms with Crippen LogP contribution in [0, 0.1) is 0 Å². The minimum atomic E-state index is 0.823. The Morgan fingerprint density at radius 1 is 1.00 bits per heavy atom. The lowest BCUT2D eigenvalue weighted by Gasteiger charge is -2.34. The van der Waals surface area contributed by atoms with Crippen molar-refractivity contribution in [3.63, 3.8) is 0 Å². The van der Waals surface area contributed by atoms with Gasteiger partial charge >= 0.3 is 0 Å². The van der Waals surface area contributed by atoms with Crippen LogP contribution < -0.4 is 0 Å². The molecule has 2 aromatic rings. The number of hydrogen-bond acceptors (Lipinski definition) is 5. The van der Waals surface area contributed by atoms with E-state index in [0.29, 0.717) is 0 Å². The van der Waals surface area contributed by atoms with Gasteiger partial charge in [0.25, 0.3) is 0 Å². The minimum Gasteiger partial charge on any atom is -0.383 e. The highest BCUT2D eigenvalue weighted by Gasteiger charge is 2.16. The van der Waals surface area contributed by atoms with E-state index >= 15 is 0 Å². The molecule has 1 aliphatic rings. The first-order valence-corrected chi connectivity index (χ1v) is 7.48. The van der Waals surface area contributed by atoms with E-state index in [9.17, 15) is 0 Å². The highest BCUT2D eigenvalue weighted by Crippen LogP contribution is 2.14. The number of benzene rings is 1. The van der Waals surface area contributed by atoms with Gasteiger partial charge in [0, 0.05) is 58.8 Å². The van der Waals surface area contributed by atoms with Crippen molar-refractivity contribution in [1.29, 1.82) is 0 Å². The molecule has 1 aromatic heterocycles. The second kappa shape index (κ2) is 6.93. The van der Waals surface area contributed by atoms with Gasteiger partial charge in [-0.15, -0.1) is 0 Å². The molecule has 0 saturated carbocycles. The normalized spacial score (nSPS) is 17.4. The summed E-state index contributed by atoms with van der Waals surface area (Å²) in [5.41, 5.74) is 3.26. The molecule has 5 nitrogen and oxygen atoms in total. The highest BCUT2D eigenvalue weighted by atomic mass is 16.5. The third-order valence-corrected chi connectivity index (χ3v) is 4.02. The van der Waals surface area contributed by atoms with Crippen molar-refractivity contribution >= 4 is 11.0 Å².